The van der Waals surface area contributed by atoms with Crippen molar-refractivity contribution in [1.82, 2.24) is 10.2 Å². The highest BCUT2D eigenvalue weighted by Crippen LogP contribution is 2.24. The van der Waals surface area contributed by atoms with Crippen molar-refractivity contribution in [2.75, 3.05) is 31.2 Å². The molecule has 1 fully saturated rings. The zero-order valence-electron chi connectivity index (χ0n) is 15.6. The molecule has 0 radical (unpaired) electrons. The first-order chi connectivity index (χ1) is 13.2. The molecule has 0 saturated carbocycles. The summed E-state index contributed by atoms with van der Waals surface area (Å²) < 4.78 is 5.91. The molecule has 1 aliphatic heterocycles. The summed E-state index contributed by atoms with van der Waals surface area (Å²) >= 11 is 5.83. The van der Waals surface area contributed by atoms with Gasteiger partial charge in [0.05, 0.1) is 12.8 Å². The van der Waals surface area contributed by atoms with Crippen molar-refractivity contribution in [3.63, 3.8) is 0 Å². The summed E-state index contributed by atoms with van der Waals surface area (Å²) in [5.41, 5.74) is 0.989. The van der Waals surface area contributed by atoms with Crippen molar-refractivity contribution in [2.24, 2.45) is 11.1 Å². The lowest BCUT2D eigenvalue weighted by Crippen LogP contribution is -2.36. The molecule has 0 bridgehead atoms. The van der Waals surface area contributed by atoms with E-state index in [1.807, 2.05) is 37.3 Å². The van der Waals surface area contributed by atoms with Gasteiger partial charge in [0.1, 0.15) is 12.4 Å². The Balaban J connectivity index is 1.44. The van der Waals surface area contributed by atoms with Crippen molar-refractivity contribution >= 4 is 23.6 Å². The minimum absolute atomic E-state index is 0.427. The van der Waals surface area contributed by atoms with E-state index in [0.717, 1.165) is 43.1 Å². The molecule has 0 aliphatic carbocycles. The van der Waals surface area contributed by atoms with Gasteiger partial charge < -0.3 is 14.5 Å². The fourth-order valence-electron chi connectivity index (χ4n) is 3.15. The first-order valence-corrected chi connectivity index (χ1v) is 9.75. The predicted octanol–water partition coefficient (Wildman–Crippen LogP) is 4.19. The van der Waals surface area contributed by atoms with E-state index in [4.69, 9.17) is 21.2 Å². The topological polar surface area (TPSA) is 59.8 Å². The molecule has 1 aliphatic rings. The van der Waals surface area contributed by atoms with Crippen LogP contribution in [-0.4, -0.2) is 42.7 Å². The Bertz CT molecular complexity index is 722. The van der Waals surface area contributed by atoms with Crippen LogP contribution in [0, 0.1) is 5.92 Å². The maximum atomic E-state index is 5.91. The van der Waals surface area contributed by atoms with Gasteiger partial charge in [0.15, 0.2) is 11.0 Å². The fourth-order valence-corrected chi connectivity index (χ4v) is 3.25. The molecule has 1 unspecified atom stereocenters. The van der Waals surface area contributed by atoms with E-state index in [1.165, 1.54) is 6.42 Å². The SMILES string of the molecule is CCON=Cc1ccc(OCCC2CCCN(c3ccc(Cl)nn3)C2)cc1. The number of halogens is 1. The van der Waals surface area contributed by atoms with Crippen LogP contribution in [0.15, 0.2) is 41.6 Å². The molecule has 1 saturated heterocycles. The minimum atomic E-state index is 0.427. The summed E-state index contributed by atoms with van der Waals surface area (Å²) in [6.07, 6.45) is 5.09. The largest absolute Gasteiger partial charge is 0.494 e. The molecule has 6 nitrogen and oxygen atoms in total. The first-order valence-electron chi connectivity index (χ1n) is 9.37. The third-order valence-electron chi connectivity index (χ3n) is 4.54. The molecule has 0 spiro atoms. The molecule has 7 heteroatoms. The van der Waals surface area contributed by atoms with E-state index in [0.29, 0.717) is 24.3 Å². The third kappa shape index (κ3) is 6.10. The zero-order chi connectivity index (χ0) is 18.9. The molecule has 144 valence electrons. The van der Waals surface area contributed by atoms with Gasteiger partial charge in [-0.25, -0.2) is 0 Å². The molecular weight excluding hydrogens is 364 g/mol. The summed E-state index contributed by atoms with van der Waals surface area (Å²) in [7, 11) is 0. The summed E-state index contributed by atoms with van der Waals surface area (Å²) in [4.78, 5) is 7.25. The maximum absolute atomic E-state index is 5.91. The van der Waals surface area contributed by atoms with Gasteiger partial charge in [-0.3, -0.25) is 0 Å². The highest BCUT2D eigenvalue weighted by atomic mass is 35.5. The van der Waals surface area contributed by atoms with Crippen LogP contribution in [0.3, 0.4) is 0 Å². The van der Waals surface area contributed by atoms with Crippen LogP contribution in [0.1, 0.15) is 31.7 Å². The van der Waals surface area contributed by atoms with Gasteiger partial charge >= 0.3 is 0 Å². The number of rotatable bonds is 8. The molecule has 1 aromatic heterocycles. The Labute approximate surface area is 165 Å². The number of anilines is 1. The molecule has 0 amide bonds. The number of nitrogens with zero attached hydrogens (tertiary/aromatic N) is 4. The van der Waals surface area contributed by atoms with Crippen molar-refractivity contribution in [1.29, 1.82) is 0 Å². The van der Waals surface area contributed by atoms with Crippen LogP contribution in [-0.2, 0) is 4.84 Å². The van der Waals surface area contributed by atoms with Crippen molar-refractivity contribution in [2.45, 2.75) is 26.2 Å². The highest BCUT2D eigenvalue weighted by molar-refractivity contribution is 6.29. The molecule has 1 atom stereocenters. The molecular formula is C20H25ClN4O2. The van der Waals surface area contributed by atoms with Crippen LogP contribution in [0.4, 0.5) is 5.82 Å². The number of piperidine rings is 1. The van der Waals surface area contributed by atoms with Crippen molar-refractivity contribution < 1.29 is 9.57 Å². The number of hydrogen-bond donors (Lipinski definition) is 0. The summed E-state index contributed by atoms with van der Waals surface area (Å²) in [5, 5.41) is 12.4. The van der Waals surface area contributed by atoms with Gasteiger partial charge in [-0.15, -0.1) is 10.2 Å². The first kappa shape index (κ1) is 19.4. The number of ether oxygens (including phenoxy) is 1. The second kappa shape index (κ2) is 10.1. The van der Waals surface area contributed by atoms with E-state index < -0.39 is 0 Å². The van der Waals surface area contributed by atoms with Crippen molar-refractivity contribution in [3.8, 4) is 5.75 Å². The lowest BCUT2D eigenvalue weighted by molar-refractivity contribution is 0.160. The smallest absolute Gasteiger partial charge is 0.151 e. The van der Waals surface area contributed by atoms with Gasteiger partial charge in [-0.1, -0.05) is 16.8 Å². The molecule has 3 rings (SSSR count). The van der Waals surface area contributed by atoms with Crippen LogP contribution in [0.25, 0.3) is 0 Å². The average Bonchev–Trinajstić information content (AvgIpc) is 2.70. The number of oxime groups is 1. The minimum Gasteiger partial charge on any atom is -0.494 e. The fraction of sp³-hybridized carbons (Fsp3) is 0.450. The zero-order valence-corrected chi connectivity index (χ0v) is 16.3. The molecule has 27 heavy (non-hydrogen) atoms. The Kier molecular flexibility index (Phi) is 7.27. The normalized spacial score (nSPS) is 17.3. The predicted molar refractivity (Wildman–Crippen MR) is 108 cm³/mol. The number of hydrogen-bond acceptors (Lipinski definition) is 6. The van der Waals surface area contributed by atoms with Crippen LogP contribution >= 0.6 is 11.6 Å². The van der Waals surface area contributed by atoms with E-state index in [1.54, 1.807) is 12.3 Å². The average molecular weight is 389 g/mol. The summed E-state index contributed by atoms with van der Waals surface area (Å²) in [6.45, 7) is 5.17. The van der Waals surface area contributed by atoms with Crippen LogP contribution in [0.2, 0.25) is 5.15 Å². The molecule has 2 aromatic rings. The quantitative estimate of drug-likeness (QED) is 0.501. The van der Waals surface area contributed by atoms with Crippen molar-refractivity contribution in [3.05, 3.63) is 47.1 Å². The van der Waals surface area contributed by atoms with Crippen LogP contribution in [0.5, 0.6) is 5.75 Å². The van der Waals surface area contributed by atoms with Gasteiger partial charge in [0, 0.05) is 13.1 Å². The van der Waals surface area contributed by atoms with E-state index >= 15 is 0 Å². The Morgan fingerprint density at radius 2 is 2.07 bits per heavy atom. The lowest BCUT2D eigenvalue weighted by atomic mass is 9.95. The van der Waals surface area contributed by atoms with Gasteiger partial charge in [0.2, 0.25) is 0 Å². The van der Waals surface area contributed by atoms with Gasteiger partial charge in [-0.05, 0) is 74.1 Å². The van der Waals surface area contributed by atoms with E-state index in [9.17, 15) is 0 Å². The Morgan fingerprint density at radius 3 is 2.81 bits per heavy atom. The van der Waals surface area contributed by atoms with Gasteiger partial charge in [-0.2, -0.15) is 0 Å². The Hall–Kier alpha value is -2.34. The monoisotopic (exact) mass is 388 g/mol. The van der Waals surface area contributed by atoms with Gasteiger partial charge in [0.25, 0.3) is 0 Å². The highest BCUT2D eigenvalue weighted by Gasteiger charge is 2.21. The third-order valence-corrected chi connectivity index (χ3v) is 4.74. The second-order valence-electron chi connectivity index (χ2n) is 6.53. The summed E-state index contributed by atoms with van der Waals surface area (Å²) in [6, 6.07) is 11.6. The second-order valence-corrected chi connectivity index (χ2v) is 6.91. The van der Waals surface area contributed by atoms with Crippen LogP contribution < -0.4 is 9.64 Å². The van der Waals surface area contributed by atoms with E-state index in [2.05, 4.69) is 20.3 Å². The Morgan fingerprint density at radius 1 is 1.22 bits per heavy atom. The lowest BCUT2D eigenvalue weighted by Gasteiger charge is -2.33. The standard InChI is InChI=1S/C20H25ClN4O2/c1-2-27-22-14-16-5-7-18(8-6-16)26-13-11-17-4-3-12-25(15-17)20-10-9-19(21)23-24-20/h5-10,14,17H,2-4,11-13,15H2,1H3. The maximum Gasteiger partial charge on any atom is 0.151 e. The number of benzene rings is 1. The molecule has 1 aromatic carbocycles. The number of aromatic nitrogens is 2. The van der Waals surface area contributed by atoms with E-state index in [-0.39, 0.29) is 0 Å². The molecule has 0 N–H and O–H groups in total. The summed E-state index contributed by atoms with van der Waals surface area (Å²) in [5.74, 6) is 2.36. The molecule has 2 heterocycles.